The van der Waals surface area contributed by atoms with E-state index in [2.05, 4.69) is 126 Å². The molecule has 0 bridgehead atoms. The van der Waals surface area contributed by atoms with Crippen LogP contribution in [0.15, 0.2) is 191 Å². The number of benzene rings is 8. The van der Waals surface area contributed by atoms with Crippen LogP contribution in [0.2, 0.25) is 0 Å². The molecule has 0 fully saturated rings. The summed E-state index contributed by atoms with van der Waals surface area (Å²) in [6.07, 6.45) is 0. The maximum atomic E-state index is 6.51. The van der Waals surface area contributed by atoms with Crippen LogP contribution in [0.3, 0.4) is 0 Å². The zero-order valence-corrected chi connectivity index (χ0v) is 30.4. The van der Waals surface area contributed by atoms with E-state index in [9.17, 15) is 0 Å². The average molecular weight is 731 g/mol. The van der Waals surface area contributed by atoms with Crippen LogP contribution in [0.5, 0.6) is 0 Å². The van der Waals surface area contributed by atoms with Gasteiger partial charge in [-0.15, -0.1) is 0 Å². The topological polar surface area (TPSA) is 69.9 Å². The van der Waals surface area contributed by atoms with Crippen molar-refractivity contribution in [2.24, 2.45) is 0 Å². The maximum Gasteiger partial charge on any atom is 0.238 e. The molecule has 12 rings (SSSR count). The van der Waals surface area contributed by atoms with Crippen LogP contribution >= 0.6 is 0 Å². The molecule has 0 radical (unpaired) electrons. The van der Waals surface area contributed by atoms with Crippen LogP contribution in [0.1, 0.15) is 0 Å². The molecule has 6 heteroatoms. The third-order valence-corrected chi connectivity index (χ3v) is 11.1. The van der Waals surface area contributed by atoms with Gasteiger partial charge >= 0.3 is 0 Å². The number of nitrogens with zero attached hydrogens (tertiary/aromatic N) is 4. The van der Waals surface area contributed by atoms with E-state index in [-0.39, 0.29) is 0 Å². The fourth-order valence-electron chi connectivity index (χ4n) is 8.31. The molecule has 0 atom stereocenters. The van der Waals surface area contributed by atoms with Gasteiger partial charge in [0.2, 0.25) is 5.95 Å². The molecule has 0 N–H and O–H groups in total. The van der Waals surface area contributed by atoms with Gasteiger partial charge in [0, 0.05) is 43.4 Å². The van der Waals surface area contributed by atoms with E-state index in [1.54, 1.807) is 0 Å². The normalized spacial score (nSPS) is 11.9. The van der Waals surface area contributed by atoms with Crippen molar-refractivity contribution in [3.8, 4) is 51.0 Å². The Morgan fingerprint density at radius 3 is 1.56 bits per heavy atom. The molecule has 12 aromatic rings. The van der Waals surface area contributed by atoms with Gasteiger partial charge in [-0.2, -0.15) is 9.97 Å². The lowest BCUT2D eigenvalue weighted by atomic mass is 10.0. The van der Waals surface area contributed by atoms with Crippen LogP contribution in [-0.2, 0) is 0 Å². The number of hydrogen-bond acceptors (Lipinski definition) is 5. The van der Waals surface area contributed by atoms with Crippen molar-refractivity contribution in [1.29, 1.82) is 0 Å². The summed E-state index contributed by atoms with van der Waals surface area (Å²) in [6, 6.07) is 62.8. The third kappa shape index (κ3) is 5.08. The fourth-order valence-corrected chi connectivity index (χ4v) is 8.31. The van der Waals surface area contributed by atoms with Crippen molar-refractivity contribution in [1.82, 2.24) is 19.5 Å². The minimum Gasteiger partial charge on any atom is -0.456 e. The highest BCUT2D eigenvalue weighted by atomic mass is 16.3. The van der Waals surface area contributed by atoms with Crippen molar-refractivity contribution >= 4 is 65.7 Å². The number of para-hydroxylation sites is 2. The predicted molar refractivity (Wildman–Crippen MR) is 230 cm³/mol. The zero-order valence-electron chi connectivity index (χ0n) is 30.4. The van der Waals surface area contributed by atoms with Gasteiger partial charge in [-0.05, 0) is 82.9 Å². The Morgan fingerprint density at radius 1 is 0.298 bits per heavy atom. The Labute approximate surface area is 325 Å². The molecule has 57 heavy (non-hydrogen) atoms. The minimum atomic E-state index is 0.550. The molecule has 0 aliphatic rings. The van der Waals surface area contributed by atoms with Crippen molar-refractivity contribution in [2.45, 2.75) is 0 Å². The number of fused-ring (bicyclic) bond motifs is 9. The predicted octanol–water partition coefficient (Wildman–Crippen LogP) is 13.4. The van der Waals surface area contributed by atoms with Crippen molar-refractivity contribution in [3.05, 3.63) is 182 Å². The number of hydrogen-bond donors (Lipinski definition) is 0. The maximum absolute atomic E-state index is 6.51. The van der Waals surface area contributed by atoms with Gasteiger partial charge in [0.15, 0.2) is 11.6 Å². The first kappa shape index (κ1) is 31.5. The molecular weight excluding hydrogens is 701 g/mol. The first-order valence-corrected chi connectivity index (χ1v) is 19.0. The molecule has 0 spiro atoms. The number of aromatic nitrogens is 4. The average Bonchev–Trinajstić information content (AvgIpc) is 3.95. The molecule has 0 aliphatic heterocycles. The Balaban J connectivity index is 1.00. The molecular formula is C51H30N4O2. The Morgan fingerprint density at radius 2 is 0.807 bits per heavy atom. The van der Waals surface area contributed by atoms with Crippen LogP contribution in [0.25, 0.3) is 117 Å². The van der Waals surface area contributed by atoms with E-state index in [4.69, 9.17) is 23.8 Å². The minimum absolute atomic E-state index is 0.550. The first-order chi connectivity index (χ1) is 28.2. The SMILES string of the molecule is c1ccc(-c2ccc3c(c2)c2ccccc2n3-c2nc(-c3ccccc3)nc(-c3ccc4c(c3)oc3ccc(-c5ccc6oc7ccccc7c6c5)cc34)n2)cc1. The standard InChI is InChI=1S/C51H30N4O2/c1-3-11-31(12-4-1)33-20-24-44-40(27-33)37-15-7-9-17-43(37)55(44)51-53-49(32-13-5-2-6-14-32)52-50(54-51)36-19-23-39-42-29-35(22-26-47(42)57-48(39)30-36)34-21-25-46-41(28-34)38-16-8-10-18-45(38)56-46/h1-30H. The van der Waals surface area contributed by atoms with Crippen LogP contribution in [0.4, 0.5) is 0 Å². The molecule has 266 valence electrons. The number of furan rings is 2. The molecule has 0 saturated carbocycles. The molecule has 0 amide bonds. The van der Waals surface area contributed by atoms with Crippen molar-refractivity contribution in [3.63, 3.8) is 0 Å². The summed E-state index contributed by atoms with van der Waals surface area (Å²) in [7, 11) is 0. The zero-order chi connectivity index (χ0) is 37.5. The summed E-state index contributed by atoms with van der Waals surface area (Å²) in [5.41, 5.74) is 11.7. The van der Waals surface area contributed by atoms with Gasteiger partial charge in [-0.3, -0.25) is 4.57 Å². The highest BCUT2D eigenvalue weighted by Gasteiger charge is 2.19. The van der Waals surface area contributed by atoms with Crippen molar-refractivity contribution < 1.29 is 8.83 Å². The lowest BCUT2D eigenvalue weighted by molar-refractivity contribution is 0.668. The summed E-state index contributed by atoms with van der Waals surface area (Å²) in [4.78, 5) is 15.4. The third-order valence-electron chi connectivity index (χ3n) is 11.1. The van der Waals surface area contributed by atoms with Crippen LogP contribution in [-0.4, -0.2) is 19.5 Å². The molecule has 4 aromatic heterocycles. The lowest BCUT2D eigenvalue weighted by Gasteiger charge is -2.11. The summed E-state index contributed by atoms with van der Waals surface area (Å²) >= 11 is 0. The molecule has 0 aliphatic carbocycles. The first-order valence-electron chi connectivity index (χ1n) is 19.0. The Kier molecular flexibility index (Phi) is 6.83. The van der Waals surface area contributed by atoms with Gasteiger partial charge in [0.25, 0.3) is 0 Å². The second-order valence-electron chi connectivity index (χ2n) is 14.4. The van der Waals surface area contributed by atoms with Gasteiger partial charge in [0.1, 0.15) is 22.3 Å². The van der Waals surface area contributed by atoms with Crippen molar-refractivity contribution in [2.75, 3.05) is 0 Å². The largest absolute Gasteiger partial charge is 0.456 e. The summed E-state index contributed by atoms with van der Waals surface area (Å²) < 4.78 is 14.8. The molecule has 6 nitrogen and oxygen atoms in total. The molecule has 8 aromatic carbocycles. The van der Waals surface area contributed by atoms with E-state index in [1.807, 2.05) is 60.7 Å². The highest BCUT2D eigenvalue weighted by molar-refractivity contribution is 6.11. The van der Waals surface area contributed by atoms with Gasteiger partial charge in [-0.25, -0.2) is 4.98 Å². The van der Waals surface area contributed by atoms with Gasteiger partial charge in [0.05, 0.1) is 11.0 Å². The van der Waals surface area contributed by atoms with E-state index in [0.29, 0.717) is 17.6 Å². The second-order valence-corrected chi connectivity index (χ2v) is 14.4. The molecule has 4 heterocycles. The Hall–Kier alpha value is -7.83. The second kappa shape index (κ2) is 12.3. The van der Waals surface area contributed by atoms with E-state index < -0.39 is 0 Å². The summed E-state index contributed by atoms with van der Waals surface area (Å²) in [5, 5.41) is 6.57. The molecule has 0 unspecified atom stereocenters. The van der Waals surface area contributed by atoms with Gasteiger partial charge in [-0.1, -0.05) is 121 Å². The van der Waals surface area contributed by atoms with Crippen LogP contribution in [0, 0.1) is 0 Å². The monoisotopic (exact) mass is 730 g/mol. The van der Waals surface area contributed by atoms with Gasteiger partial charge < -0.3 is 8.83 Å². The van der Waals surface area contributed by atoms with E-state index in [1.165, 1.54) is 5.56 Å². The number of rotatable bonds is 5. The Bertz CT molecular complexity index is 3530. The van der Waals surface area contributed by atoms with Crippen LogP contribution < -0.4 is 0 Å². The summed E-state index contributed by atoms with van der Waals surface area (Å²) in [6.45, 7) is 0. The lowest BCUT2D eigenvalue weighted by Crippen LogP contribution is -2.06. The fraction of sp³-hybridized carbons (Fsp3) is 0. The smallest absolute Gasteiger partial charge is 0.238 e. The highest BCUT2D eigenvalue weighted by Crippen LogP contribution is 2.38. The quantitative estimate of drug-likeness (QED) is 0.176. The molecule has 0 saturated heterocycles. The van der Waals surface area contributed by atoms with E-state index in [0.717, 1.165) is 93.5 Å². The van der Waals surface area contributed by atoms with E-state index >= 15 is 0 Å². The summed E-state index contributed by atoms with van der Waals surface area (Å²) in [5.74, 6) is 1.71.